The molecule has 4 rings (SSSR count). The summed E-state index contributed by atoms with van der Waals surface area (Å²) in [7, 11) is 0. The molecule has 1 aliphatic carbocycles. The van der Waals surface area contributed by atoms with Gasteiger partial charge in [0.2, 0.25) is 11.9 Å². The fourth-order valence-electron chi connectivity index (χ4n) is 6.36. The zero-order chi connectivity index (χ0) is 35.6. The van der Waals surface area contributed by atoms with Gasteiger partial charge in [0.25, 0.3) is 0 Å². The van der Waals surface area contributed by atoms with Gasteiger partial charge in [-0.15, -0.1) is 0 Å². The average molecular weight is 694 g/mol. The predicted octanol–water partition coefficient (Wildman–Crippen LogP) is 4.26. The number of piperidine rings is 1. The molecule has 1 amide bonds. The highest BCUT2D eigenvalue weighted by molar-refractivity contribution is 5.90. The molecule has 2 fully saturated rings. The monoisotopic (exact) mass is 693 g/mol. The van der Waals surface area contributed by atoms with E-state index in [2.05, 4.69) is 36.7 Å². The Morgan fingerprint density at radius 3 is 2.50 bits per heavy atom. The third-order valence-electron chi connectivity index (χ3n) is 9.20. The van der Waals surface area contributed by atoms with E-state index >= 15 is 0 Å². The Morgan fingerprint density at radius 1 is 1.02 bits per heavy atom. The quantitative estimate of drug-likeness (QED) is 0.0561. The molecule has 1 saturated heterocycles. The van der Waals surface area contributed by atoms with Crippen molar-refractivity contribution < 1.29 is 14.3 Å². The van der Waals surface area contributed by atoms with E-state index in [-0.39, 0.29) is 30.9 Å². The third-order valence-corrected chi connectivity index (χ3v) is 9.20. The molecular weight excluding hydrogens is 634 g/mol. The van der Waals surface area contributed by atoms with Crippen LogP contribution in [0.1, 0.15) is 84.5 Å². The van der Waals surface area contributed by atoms with Crippen LogP contribution in [0.5, 0.6) is 0 Å². The van der Waals surface area contributed by atoms with Crippen molar-refractivity contribution in [1.82, 2.24) is 30.8 Å². The number of para-hydroxylation sites is 1. The first-order chi connectivity index (χ1) is 24.3. The minimum absolute atomic E-state index is 0.00181. The van der Waals surface area contributed by atoms with Gasteiger partial charge in [0, 0.05) is 49.7 Å². The van der Waals surface area contributed by atoms with Crippen molar-refractivity contribution in [2.75, 3.05) is 56.4 Å². The number of likely N-dealkylation sites (tertiary alicyclic amines) is 1. The van der Waals surface area contributed by atoms with Gasteiger partial charge in [-0.3, -0.25) is 9.59 Å². The minimum Gasteiger partial charge on any atom is -0.462 e. The van der Waals surface area contributed by atoms with E-state index in [0.29, 0.717) is 31.3 Å². The van der Waals surface area contributed by atoms with Crippen LogP contribution in [0.4, 0.5) is 11.8 Å². The number of esters is 1. The zero-order valence-corrected chi connectivity index (χ0v) is 30.0. The van der Waals surface area contributed by atoms with Crippen molar-refractivity contribution in [3.05, 3.63) is 36.2 Å². The predicted molar refractivity (Wildman–Crippen MR) is 198 cm³/mol. The molecule has 50 heavy (non-hydrogen) atoms. The summed E-state index contributed by atoms with van der Waals surface area (Å²) in [4.78, 5) is 36.1. The van der Waals surface area contributed by atoms with Gasteiger partial charge in [0.05, 0.1) is 23.9 Å². The largest absolute Gasteiger partial charge is 0.462 e. The lowest BCUT2D eigenvalue weighted by Gasteiger charge is -2.33. The van der Waals surface area contributed by atoms with E-state index in [1.54, 1.807) is 20.0 Å². The van der Waals surface area contributed by atoms with Crippen molar-refractivity contribution in [1.29, 1.82) is 5.53 Å². The first kappa shape index (κ1) is 38.9. The molecule has 0 bridgehead atoms. The van der Waals surface area contributed by atoms with E-state index in [0.717, 1.165) is 74.6 Å². The van der Waals surface area contributed by atoms with Crippen molar-refractivity contribution in [3.8, 4) is 0 Å². The molecule has 1 aromatic heterocycles. The fraction of sp³-hybridized carbons (Fsp3) is 0.667. The molecule has 0 radical (unpaired) electrons. The third kappa shape index (κ3) is 13.4. The van der Waals surface area contributed by atoms with Crippen LogP contribution in [0, 0.1) is 5.53 Å². The smallest absolute Gasteiger partial charge is 0.323 e. The molecule has 2 aliphatic rings. The Hall–Kier alpha value is -3.88. The maximum atomic E-state index is 12.8. The number of nitrogens with one attached hydrogen (secondary N) is 6. The topological polar surface area (TPSA) is 195 Å². The molecule has 14 nitrogen and oxygen atoms in total. The van der Waals surface area contributed by atoms with Gasteiger partial charge >= 0.3 is 5.97 Å². The summed E-state index contributed by atoms with van der Waals surface area (Å²) in [6.45, 7) is 8.90. The fourth-order valence-corrected chi connectivity index (χ4v) is 6.36. The summed E-state index contributed by atoms with van der Waals surface area (Å²) in [6, 6.07) is 7.90. The second-order valence-electron chi connectivity index (χ2n) is 13.6. The van der Waals surface area contributed by atoms with Crippen molar-refractivity contribution in [3.63, 3.8) is 0 Å². The second kappa shape index (κ2) is 21.4. The van der Waals surface area contributed by atoms with E-state index in [9.17, 15) is 9.59 Å². The summed E-state index contributed by atoms with van der Waals surface area (Å²) in [5.74, 6) is 0.698. The molecule has 1 atom stereocenters. The number of nitrogens with zero attached hydrogens (tertiary/aromatic N) is 4. The number of ether oxygens (including phenoxy) is 1. The number of hydrogen-bond donors (Lipinski definition) is 7. The summed E-state index contributed by atoms with van der Waals surface area (Å²) in [5, 5.41) is 21.9. The first-order valence-electron chi connectivity index (χ1n) is 18.6. The van der Waals surface area contributed by atoms with Crippen LogP contribution < -0.4 is 32.3 Å². The molecule has 2 heterocycles. The van der Waals surface area contributed by atoms with E-state index < -0.39 is 12.0 Å². The molecular formula is C36H59N11O3. The lowest BCUT2D eigenvalue weighted by molar-refractivity contribution is -0.149. The van der Waals surface area contributed by atoms with Gasteiger partial charge in [0.15, 0.2) is 0 Å². The molecule has 1 aromatic carbocycles. The Kier molecular flexibility index (Phi) is 16.6. The first-order valence-corrected chi connectivity index (χ1v) is 18.6. The molecule has 2 aromatic rings. The van der Waals surface area contributed by atoms with Gasteiger partial charge in [0.1, 0.15) is 11.9 Å². The molecule has 0 spiro atoms. The highest BCUT2D eigenvalue weighted by Crippen LogP contribution is 2.25. The summed E-state index contributed by atoms with van der Waals surface area (Å²) in [6.07, 6.45) is 12.4. The zero-order valence-electron chi connectivity index (χ0n) is 30.0. The van der Waals surface area contributed by atoms with Gasteiger partial charge in [-0.2, -0.15) is 10.1 Å². The molecule has 276 valence electrons. The second-order valence-corrected chi connectivity index (χ2v) is 13.6. The van der Waals surface area contributed by atoms with Crippen molar-refractivity contribution in [2.24, 2.45) is 10.8 Å². The maximum absolute atomic E-state index is 12.8. The lowest BCUT2D eigenvalue weighted by Crippen LogP contribution is -2.43. The number of nitrogens with two attached hydrogens (primary N) is 1. The summed E-state index contributed by atoms with van der Waals surface area (Å²) < 4.78 is 5.15. The Balaban J connectivity index is 1.17. The highest BCUT2D eigenvalue weighted by Gasteiger charge is 2.25. The van der Waals surface area contributed by atoms with Crippen LogP contribution in [-0.4, -0.2) is 96.8 Å². The number of hydrogen-bond acceptors (Lipinski definition) is 13. The Morgan fingerprint density at radius 2 is 1.76 bits per heavy atom. The standard InChI is InChI=1S/C36H59N11O3/c1-26(2)50-35(49)31(37)14-15-33(48)47-22-16-28(17-23-47)43-34-30-12-6-7-13-32(30)44-36(45-34)42-25-29(46-38)24-40-20-8-18-39-19-9-21-41-27-10-4-3-5-11-27/h6-7,12-13,24,26-28,31,38-41H,3-5,8-11,14-23,25,37H2,1-2H3,(H2,42,43,44,45)/b29-24-,46-38?. The molecule has 1 unspecified atom stereocenters. The van der Waals surface area contributed by atoms with Crippen molar-refractivity contribution in [2.45, 2.75) is 109 Å². The minimum atomic E-state index is -0.798. The van der Waals surface area contributed by atoms with Crippen LogP contribution in [0.25, 0.3) is 10.9 Å². The number of anilines is 2. The Labute approximate surface area is 297 Å². The van der Waals surface area contributed by atoms with Gasteiger partial charge in [-0.1, -0.05) is 31.4 Å². The van der Waals surface area contributed by atoms with Gasteiger partial charge in [-0.05, 0) is 90.6 Å². The van der Waals surface area contributed by atoms with Crippen LogP contribution in [0.3, 0.4) is 0 Å². The molecule has 1 aliphatic heterocycles. The van der Waals surface area contributed by atoms with Gasteiger partial charge in [-0.25, -0.2) is 10.5 Å². The van der Waals surface area contributed by atoms with Crippen LogP contribution in [0.15, 0.2) is 41.3 Å². The Bertz CT molecular complexity index is 1370. The summed E-state index contributed by atoms with van der Waals surface area (Å²) in [5.41, 5.74) is 14.9. The van der Waals surface area contributed by atoms with Gasteiger partial charge < -0.3 is 42.0 Å². The molecule has 14 heteroatoms. The number of rotatable bonds is 21. The van der Waals surface area contributed by atoms with E-state index in [1.165, 1.54) is 32.1 Å². The van der Waals surface area contributed by atoms with Crippen LogP contribution in [-0.2, 0) is 14.3 Å². The van der Waals surface area contributed by atoms with Crippen LogP contribution in [0.2, 0.25) is 0 Å². The lowest BCUT2D eigenvalue weighted by atomic mass is 9.95. The number of benzene rings is 1. The van der Waals surface area contributed by atoms with E-state index in [1.807, 2.05) is 29.2 Å². The highest BCUT2D eigenvalue weighted by atomic mass is 16.5. The number of amides is 1. The number of carbonyl (C=O) groups is 2. The number of fused-ring (bicyclic) bond motifs is 1. The molecule has 8 N–H and O–H groups in total. The van der Waals surface area contributed by atoms with E-state index in [4.69, 9.17) is 21.0 Å². The van der Waals surface area contributed by atoms with Crippen LogP contribution >= 0.6 is 0 Å². The summed E-state index contributed by atoms with van der Waals surface area (Å²) >= 11 is 0. The number of aromatic nitrogens is 2. The SMILES string of the molecule is CC(C)OC(=O)C(N)CCC(=O)N1CCC(Nc2nc(NC/C(=C/NCCCNCCCNC3CCCCC3)N=N)nc3ccccc23)CC1. The van der Waals surface area contributed by atoms with Crippen molar-refractivity contribution >= 4 is 34.5 Å². The average Bonchev–Trinajstić information content (AvgIpc) is 3.13. The normalized spacial score (nSPS) is 16.7. The molecule has 1 saturated carbocycles. The number of carbonyl (C=O) groups excluding carboxylic acids is 2. The maximum Gasteiger partial charge on any atom is 0.323 e.